The topological polar surface area (TPSA) is 108 Å². The maximum absolute atomic E-state index is 12.4. The van der Waals surface area contributed by atoms with Crippen LogP contribution in [0.15, 0.2) is 48.5 Å². The molecule has 0 spiro atoms. The molecule has 2 fully saturated rings. The van der Waals surface area contributed by atoms with Gasteiger partial charge in [-0.2, -0.15) is 0 Å². The van der Waals surface area contributed by atoms with Crippen LogP contribution in [0.1, 0.15) is 36.8 Å². The molecule has 35 heavy (non-hydrogen) atoms. The van der Waals surface area contributed by atoms with Gasteiger partial charge in [0.05, 0.1) is 0 Å². The van der Waals surface area contributed by atoms with E-state index in [2.05, 4.69) is 10.6 Å². The Balaban J connectivity index is 1.24. The maximum Gasteiger partial charge on any atom is 0.250 e. The van der Waals surface area contributed by atoms with Crippen molar-refractivity contribution in [3.05, 3.63) is 59.7 Å². The van der Waals surface area contributed by atoms with Crippen LogP contribution in [0, 0.1) is 0 Å². The van der Waals surface area contributed by atoms with Crippen LogP contribution in [0.5, 0.6) is 0 Å². The minimum absolute atomic E-state index is 0.120. The summed E-state index contributed by atoms with van der Waals surface area (Å²) in [6, 6.07) is 14.7. The number of hydrogen-bond acceptors (Lipinski definition) is 5. The minimum Gasteiger partial charge on any atom is -0.362 e. The van der Waals surface area contributed by atoms with Crippen molar-refractivity contribution >= 4 is 35.0 Å². The fourth-order valence-corrected chi connectivity index (χ4v) is 4.32. The Hall–Kier alpha value is -3.72. The van der Waals surface area contributed by atoms with Crippen molar-refractivity contribution in [2.45, 2.75) is 38.8 Å². The molecule has 9 nitrogen and oxygen atoms in total. The van der Waals surface area contributed by atoms with Gasteiger partial charge in [-0.15, -0.1) is 0 Å². The molecule has 9 heteroatoms. The molecule has 2 N–H and O–H groups in total. The van der Waals surface area contributed by atoms with Crippen molar-refractivity contribution in [1.82, 2.24) is 9.80 Å². The van der Waals surface area contributed by atoms with Crippen molar-refractivity contribution in [3.63, 3.8) is 0 Å². The number of nitrogens with zero attached hydrogens (tertiary/aromatic N) is 2. The number of benzene rings is 2. The Morgan fingerprint density at radius 2 is 1.14 bits per heavy atom. The number of carbonyl (C=O) groups excluding carboxylic acids is 4. The average molecular weight is 479 g/mol. The summed E-state index contributed by atoms with van der Waals surface area (Å²) in [4.78, 5) is 52.2. The van der Waals surface area contributed by atoms with Crippen molar-refractivity contribution in [3.8, 4) is 0 Å². The number of rotatable bonds is 10. The summed E-state index contributed by atoms with van der Waals surface area (Å²) in [7, 11) is 0. The number of para-hydroxylation sites is 2. The van der Waals surface area contributed by atoms with E-state index in [0.29, 0.717) is 37.3 Å². The molecule has 0 aliphatic carbocycles. The molecule has 184 valence electrons. The highest BCUT2D eigenvalue weighted by Crippen LogP contribution is 2.22. The number of hydrogen-bond donors (Lipinski definition) is 2. The molecule has 0 unspecified atom stereocenters. The van der Waals surface area contributed by atoms with E-state index in [0.717, 1.165) is 37.1 Å². The fraction of sp³-hybridized carbons (Fsp3) is 0.385. The van der Waals surface area contributed by atoms with Gasteiger partial charge in [-0.05, 0) is 36.1 Å². The van der Waals surface area contributed by atoms with Gasteiger partial charge in [0.2, 0.25) is 23.6 Å². The first-order valence-electron chi connectivity index (χ1n) is 11.9. The van der Waals surface area contributed by atoms with Crippen LogP contribution >= 0.6 is 0 Å². The fourth-order valence-electron chi connectivity index (χ4n) is 4.32. The van der Waals surface area contributed by atoms with Crippen LogP contribution in [-0.4, -0.2) is 59.7 Å². The molecular formula is C26H30N4O5. The van der Waals surface area contributed by atoms with Crippen LogP contribution in [-0.2, 0) is 37.0 Å². The first-order chi connectivity index (χ1) is 17.0. The SMILES string of the molecule is O=C(COCC(=O)Nc1ccccc1CN1CCCC1=O)Nc1ccccc1CN1CCCC1=O. The van der Waals surface area contributed by atoms with E-state index >= 15 is 0 Å². The molecule has 2 aromatic carbocycles. The van der Waals surface area contributed by atoms with E-state index < -0.39 is 0 Å². The number of carbonyl (C=O) groups is 4. The van der Waals surface area contributed by atoms with Gasteiger partial charge in [0.15, 0.2) is 0 Å². The largest absolute Gasteiger partial charge is 0.362 e. The highest BCUT2D eigenvalue weighted by Gasteiger charge is 2.22. The summed E-state index contributed by atoms with van der Waals surface area (Å²) < 4.78 is 5.33. The van der Waals surface area contributed by atoms with Gasteiger partial charge in [0.1, 0.15) is 13.2 Å². The Kier molecular flexibility index (Phi) is 8.10. The summed E-state index contributed by atoms with van der Waals surface area (Å²) >= 11 is 0. The smallest absolute Gasteiger partial charge is 0.250 e. The molecule has 2 aliphatic rings. The van der Waals surface area contributed by atoms with Crippen LogP contribution in [0.3, 0.4) is 0 Å². The number of amides is 4. The first kappa shape index (κ1) is 24.4. The highest BCUT2D eigenvalue weighted by atomic mass is 16.5. The predicted molar refractivity (Wildman–Crippen MR) is 130 cm³/mol. The second kappa shape index (κ2) is 11.6. The van der Waals surface area contributed by atoms with Crippen LogP contribution in [0.4, 0.5) is 11.4 Å². The normalized spacial score (nSPS) is 15.5. The Bertz CT molecular complexity index is 1020. The molecule has 2 saturated heterocycles. The van der Waals surface area contributed by atoms with Crippen LogP contribution in [0.25, 0.3) is 0 Å². The minimum atomic E-state index is -0.383. The second-order valence-electron chi connectivity index (χ2n) is 8.74. The van der Waals surface area contributed by atoms with Crippen LogP contribution in [0.2, 0.25) is 0 Å². The number of likely N-dealkylation sites (tertiary alicyclic amines) is 2. The van der Waals surface area contributed by atoms with Gasteiger partial charge in [-0.3, -0.25) is 19.2 Å². The lowest BCUT2D eigenvalue weighted by Gasteiger charge is -2.19. The van der Waals surface area contributed by atoms with Gasteiger partial charge in [0, 0.05) is 50.4 Å². The summed E-state index contributed by atoms with van der Waals surface area (Å²) in [5, 5.41) is 5.61. The lowest BCUT2D eigenvalue weighted by atomic mass is 10.1. The summed E-state index contributed by atoms with van der Waals surface area (Å²) in [6.45, 7) is 1.76. The molecule has 2 aromatic rings. The molecular weight excluding hydrogens is 448 g/mol. The molecule has 4 rings (SSSR count). The second-order valence-corrected chi connectivity index (χ2v) is 8.74. The molecule has 2 aliphatic heterocycles. The van der Waals surface area contributed by atoms with Gasteiger partial charge in [0.25, 0.3) is 0 Å². The summed E-state index contributed by atoms with van der Waals surface area (Å²) in [6.07, 6.45) is 2.82. The quantitative estimate of drug-likeness (QED) is 0.546. The zero-order chi connectivity index (χ0) is 24.6. The standard InChI is InChI=1S/C26H30N4O5/c31-23(27-21-9-3-1-7-19(21)15-29-13-5-11-25(29)33)17-35-18-24(32)28-22-10-4-2-8-20(22)16-30-14-6-12-26(30)34/h1-4,7-10H,5-6,11-18H2,(H,27,31)(H,28,32). The summed E-state index contributed by atoms with van der Waals surface area (Å²) in [5.41, 5.74) is 2.94. The van der Waals surface area contributed by atoms with Gasteiger partial charge in [-0.1, -0.05) is 36.4 Å². The molecule has 0 saturated carbocycles. The third kappa shape index (κ3) is 6.66. The van der Waals surface area contributed by atoms with Crippen LogP contribution < -0.4 is 10.6 Å². The van der Waals surface area contributed by atoms with E-state index in [1.807, 2.05) is 36.4 Å². The van der Waals surface area contributed by atoms with Gasteiger partial charge in [-0.25, -0.2) is 0 Å². The van der Waals surface area contributed by atoms with E-state index in [1.54, 1.807) is 21.9 Å². The zero-order valence-electron chi connectivity index (χ0n) is 19.6. The summed E-state index contributed by atoms with van der Waals surface area (Å²) in [5.74, 6) is -0.528. The number of anilines is 2. The molecule has 0 aromatic heterocycles. The Morgan fingerprint density at radius 3 is 1.54 bits per heavy atom. The molecule has 0 radical (unpaired) electrons. The molecule has 0 bridgehead atoms. The number of ether oxygens (including phenoxy) is 1. The van der Waals surface area contributed by atoms with E-state index in [9.17, 15) is 19.2 Å². The highest BCUT2D eigenvalue weighted by molar-refractivity contribution is 5.94. The zero-order valence-corrected chi connectivity index (χ0v) is 19.6. The number of nitrogens with one attached hydrogen (secondary N) is 2. The monoisotopic (exact) mass is 478 g/mol. The van der Waals surface area contributed by atoms with Gasteiger partial charge < -0.3 is 25.2 Å². The average Bonchev–Trinajstić information content (AvgIpc) is 3.44. The van der Waals surface area contributed by atoms with E-state index in [4.69, 9.17) is 4.74 Å². The lowest BCUT2D eigenvalue weighted by Crippen LogP contribution is -2.27. The van der Waals surface area contributed by atoms with Gasteiger partial charge >= 0.3 is 0 Å². The third-order valence-electron chi connectivity index (χ3n) is 6.11. The van der Waals surface area contributed by atoms with Crippen molar-refractivity contribution in [2.24, 2.45) is 0 Å². The van der Waals surface area contributed by atoms with Crippen molar-refractivity contribution in [2.75, 3.05) is 36.9 Å². The van der Waals surface area contributed by atoms with Crippen molar-refractivity contribution < 1.29 is 23.9 Å². The Morgan fingerprint density at radius 1 is 0.714 bits per heavy atom. The predicted octanol–water partition coefficient (Wildman–Crippen LogP) is 2.53. The molecule has 4 amide bonds. The third-order valence-corrected chi connectivity index (χ3v) is 6.11. The maximum atomic E-state index is 12.4. The lowest BCUT2D eigenvalue weighted by molar-refractivity contribution is -0.129. The van der Waals surface area contributed by atoms with E-state index in [1.165, 1.54) is 0 Å². The molecule has 2 heterocycles. The molecule has 0 atom stereocenters. The van der Waals surface area contributed by atoms with Crippen molar-refractivity contribution in [1.29, 1.82) is 0 Å². The van der Waals surface area contributed by atoms with E-state index in [-0.39, 0.29) is 36.8 Å². The first-order valence-corrected chi connectivity index (χ1v) is 11.9. The Labute approximate surface area is 204 Å².